The van der Waals surface area contributed by atoms with Gasteiger partial charge in [0.1, 0.15) is 6.04 Å². The monoisotopic (exact) mass is 342 g/mol. The Labute approximate surface area is 144 Å². The summed E-state index contributed by atoms with van der Waals surface area (Å²) in [5.74, 6) is 0. The van der Waals surface area contributed by atoms with E-state index in [0.717, 1.165) is 17.1 Å². The zero-order valence-corrected chi connectivity index (χ0v) is 13.3. The molecule has 1 atom stereocenters. The van der Waals surface area contributed by atoms with E-state index in [4.69, 9.17) is 5.73 Å². The normalized spacial score (nSPS) is 12.6. The number of hydrogen-bond acceptors (Lipinski definition) is 2. The van der Waals surface area contributed by atoms with E-state index in [9.17, 15) is 13.2 Å². The first kappa shape index (κ1) is 17.0. The fourth-order valence-electron chi connectivity index (χ4n) is 2.62. The van der Waals surface area contributed by atoms with E-state index in [1.54, 1.807) is 12.1 Å². The Kier molecular flexibility index (Phi) is 4.76. The van der Waals surface area contributed by atoms with Crippen LogP contribution in [-0.4, -0.2) is 6.18 Å². The van der Waals surface area contributed by atoms with Crippen molar-refractivity contribution in [3.8, 4) is 0 Å². The Balaban J connectivity index is 2.00. The smallest absolute Gasteiger partial charge is 0.316 e. The number of hydrogen-bond donors (Lipinski definition) is 1. The second-order valence-corrected chi connectivity index (χ2v) is 5.62. The predicted molar refractivity (Wildman–Crippen MR) is 94.1 cm³/mol. The van der Waals surface area contributed by atoms with Crippen LogP contribution in [0, 0.1) is 0 Å². The minimum atomic E-state index is -4.46. The van der Waals surface area contributed by atoms with Gasteiger partial charge in [-0.1, -0.05) is 48.5 Å². The molecule has 0 saturated heterocycles. The number of benzene rings is 3. The molecule has 0 aliphatic carbocycles. The van der Waals surface area contributed by atoms with Gasteiger partial charge in [-0.3, -0.25) is 0 Å². The van der Waals surface area contributed by atoms with Crippen molar-refractivity contribution in [1.29, 1.82) is 0 Å². The van der Waals surface area contributed by atoms with Crippen LogP contribution in [0.1, 0.15) is 11.6 Å². The molecule has 3 rings (SSSR count). The van der Waals surface area contributed by atoms with Gasteiger partial charge in [-0.15, -0.1) is 0 Å². The molecule has 2 N–H and O–H groups in total. The molecule has 0 bridgehead atoms. The average molecular weight is 342 g/mol. The third-order valence-electron chi connectivity index (χ3n) is 3.89. The van der Waals surface area contributed by atoms with E-state index >= 15 is 0 Å². The van der Waals surface area contributed by atoms with Crippen molar-refractivity contribution in [2.24, 2.45) is 5.73 Å². The van der Waals surface area contributed by atoms with Crippen molar-refractivity contribution in [2.75, 3.05) is 4.90 Å². The number of para-hydroxylation sites is 2. The van der Waals surface area contributed by atoms with Gasteiger partial charge in [0.25, 0.3) is 0 Å². The molecule has 0 aromatic heterocycles. The largest absolute Gasteiger partial charge is 0.407 e. The number of anilines is 3. The number of alkyl halides is 3. The van der Waals surface area contributed by atoms with Gasteiger partial charge in [0.15, 0.2) is 0 Å². The molecule has 5 heteroatoms. The maximum atomic E-state index is 12.8. The Morgan fingerprint density at radius 2 is 1.04 bits per heavy atom. The van der Waals surface area contributed by atoms with E-state index in [-0.39, 0.29) is 5.56 Å². The summed E-state index contributed by atoms with van der Waals surface area (Å²) < 4.78 is 38.4. The van der Waals surface area contributed by atoms with E-state index in [1.165, 1.54) is 12.1 Å². The highest BCUT2D eigenvalue weighted by molar-refractivity contribution is 5.76. The summed E-state index contributed by atoms with van der Waals surface area (Å²) in [7, 11) is 0. The maximum Gasteiger partial charge on any atom is 0.407 e. The molecule has 0 aliphatic rings. The molecule has 0 spiro atoms. The van der Waals surface area contributed by atoms with E-state index in [2.05, 4.69) is 0 Å². The summed E-state index contributed by atoms with van der Waals surface area (Å²) in [5.41, 5.74) is 7.92. The predicted octanol–water partition coefficient (Wildman–Crippen LogP) is 5.72. The first-order valence-electron chi connectivity index (χ1n) is 7.79. The summed E-state index contributed by atoms with van der Waals surface area (Å²) in [6.45, 7) is 0. The Morgan fingerprint density at radius 3 is 1.44 bits per heavy atom. The highest BCUT2D eigenvalue weighted by Crippen LogP contribution is 2.36. The van der Waals surface area contributed by atoms with Crippen LogP contribution in [0.3, 0.4) is 0 Å². The molecule has 3 aromatic rings. The van der Waals surface area contributed by atoms with Crippen molar-refractivity contribution in [3.63, 3.8) is 0 Å². The highest BCUT2D eigenvalue weighted by Gasteiger charge is 2.37. The molecule has 25 heavy (non-hydrogen) atoms. The van der Waals surface area contributed by atoms with Crippen LogP contribution in [0.2, 0.25) is 0 Å². The van der Waals surface area contributed by atoms with E-state index in [0.29, 0.717) is 0 Å². The first-order valence-corrected chi connectivity index (χ1v) is 7.79. The van der Waals surface area contributed by atoms with Crippen LogP contribution in [0.15, 0.2) is 84.9 Å². The van der Waals surface area contributed by atoms with Gasteiger partial charge in [0, 0.05) is 17.1 Å². The van der Waals surface area contributed by atoms with Crippen LogP contribution < -0.4 is 10.6 Å². The third kappa shape index (κ3) is 3.83. The van der Waals surface area contributed by atoms with Crippen molar-refractivity contribution in [3.05, 3.63) is 90.5 Å². The maximum absolute atomic E-state index is 12.8. The molecular formula is C20H17F3N2. The van der Waals surface area contributed by atoms with Crippen LogP contribution in [-0.2, 0) is 0 Å². The molecule has 0 saturated carbocycles. The van der Waals surface area contributed by atoms with Crippen molar-refractivity contribution < 1.29 is 13.2 Å². The lowest BCUT2D eigenvalue weighted by Crippen LogP contribution is -2.28. The van der Waals surface area contributed by atoms with Crippen LogP contribution in [0.25, 0.3) is 0 Å². The molecule has 0 unspecified atom stereocenters. The van der Waals surface area contributed by atoms with Gasteiger partial charge < -0.3 is 10.6 Å². The summed E-state index contributed by atoms with van der Waals surface area (Å²) in [4.78, 5) is 1.98. The molecule has 0 heterocycles. The lowest BCUT2D eigenvalue weighted by atomic mass is 10.1. The highest BCUT2D eigenvalue weighted by atomic mass is 19.4. The summed E-state index contributed by atoms with van der Waals surface area (Å²) in [6, 6.07) is 23.5. The minimum absolute atomic E-state index is 0.0392. The number of rotatable bonds is 4. The molecular weight excluding hydrogens is 325 g/mol. The Morgan fingerprint density at radius 1 is 0.640 bits per heavy atom. The fourth-order valence-corrected chi connectivity index (χ4v) is 2.62. The zero-order valence-electron chi connectivity index (χ0n) is 13.3. The lowest BCUT2D eigenvalue weighted by molar-refractivity contribution is -0.149. The molecule has 0 radical (unpaired) electrons. The standard InChI is InChI=1S/C20H17F3N2/c21-20(22,23)19(24)15-11-13-18(14-12-15)25(16-7-3-1-4-8-16)17-9-5-2-6-10-17/h1-14,19H,24H2/t19-/m0/s1. The summed E-state index contributed by atoms with van der Waals surface area (Å²) in [6.07, 6.45) is -4.46. The van der Waals surface area contributed by atoms with Gasteiger partial charge in [0.05, 0.1) is 0 Å². The summed E-state index contributed by atoms with van der Waals surface area (Å²) in [5, 5.41) is 0. The first-order chi connectivity index (χ1) is 12.0. The van der Waals surface area contributed by atoms with Gasteiger partial charge >= 0.3 is 6.18 Å². The quantitative estimate of drug-likeness (QED) is 0.657. The average Bonchev–Trinajstić information content (AvgIpc) is 2.63. The number of halogens is 3. The van der Waals surface area contributed by atoms with Crippen LogP contribution >= 0.6 is 0 Å². The zero-order chi connectivity index (χ0) is 17.9. The fraction of sp³-hybridized carbons (Fsp3) is 0.100. The molecule has 128 valence electrons. The van der Waals surface area contributed by atoms with Crippen LogP contribution in [0.5, 0.6) is 0 Å². The SMILES string of the molecule is N[C@@H](c1ccc(N(c2ccccc2)c2ccccc2)cc1)C(F)(F)F. The molecule has 0 amide bonds. The van der Waals surface area contributed by atoms with E-state index in [1.807, 2.05) is 65.6 Å². The van der Waals surface area contributed by atoms with Gasteiger partial charge in [-0.2, -0.15) is 13.2 Å². The topological polar surface area (TPSA) is 29.3 Å². The Bertz CT molecular complexity index is 760. The molecule has 0 aliphatic heterocycles. The van der Waals surface area contributed by atoms with Crippen molar-refractivity contribution in [1.82, 2.24) is 0 Å². The number of nitrogens with two attached hydrogens (primary N) is 1. The third-order valence-corrected chi connectivity index (χ3v) is 3.89. The van der Waals surface area contributed by atoms with Crippen molar-refractivity contribution >= 4 is 17.1 Å². The Hall–Kier alpha value is -2.79. The van der Waals surface area contributed by atoms with Crippen molar-refractivity contribution in [2.45, 2.75) is 12.2 Å². The second-order valence-electron chi connectivity index (χ2n) is 5.62. The van der Waals surface area contributed by atoms with Gasteiger partial charge in [0.2, 0.25) is 0 Å². The van der Waals surface area contributed by atoms with Crippen LogP contribution in [0.4, 0.5) is 30.2 Å². The number of nitrogens with zero attached hydrogens (tertiary/aromatic N) is 1. The van der Waals surface area contributed by atoms with E-state index < -0.39 is 12.2 Å². The van der Waals surface area contributed by atoms with Gasteiger partial charge in [-0.25, -0.2) is 0 Å². The molecule has 3 aromatic carbocycles. The minimum Gasteiger partial charge on any atom is -0.316 e. The summed E-state index contributed by atoms with van der Waals surface area (Å²) >= 11 is 0. The molecule has 0 fully saturated rings. The molecule has 2 nitrogen and oxygen atoms in total. The van der Waals surface area contributed by atoms with Gasteiger partial charge in [-0.05, 0) is 42.0 Å². The lowest BCUT2D eigenvalue weighted by Gasteiger charge is -2.26. The second kappa shape index (κ2) is 6.99.